The number of aliphatic hydroxyl groups excluding tert-OH is 1. The molecule has 0 saturated heterocycles. The Kier molecular flexibility index (Phi) is 6.38. The standard InChI is InChI=1S/C12H22F3NO2/c1-2-3-6-18-8-11(17)7-16(10-4-5-10)9-12(13,14)15/h10-11,17H,2-9H2,1H3. The minimum absolute atomic E-state index is 0.0167. The van der Waals surface area contributed by atoms with Gasteiger partial charge in [-0.1, -0.05) is 13.3 Å². The molecule has 0 aromatic rings. The third-order valence-electron chi connectivity index (χ3n) is 2.84. The molecule has 1 unspecified atom stereocenters. The lowest BCUT2D eigenvalue weighted by molar-refractivity contribution is -0.150. The van der Waals surface area contributed by atoms with Gasteiger partial charge in [0.05, 0.1) is 19.3 Å². The maximum atomic E-state index is 12.3. The average Bonchev–Trinajstić information content (AvgIpc) is 3.05. The molecular formula is C12H22F3NO2. The van der Waals surface area contributed by atoms with Gasteiger partial charge < -0.3 is 9.84 Å². The number of alkyl halides is 3. The van der Waals surface area contributed by atoms with E-state index in [2.05, 4.69) is 0 Å². The summed E-state index contributed by atoms with van der Waals surface area (Å²) in [7, 11) is 0. The van der Waals surface area contributed by atoms with Crippen LogP contribution in [-0.2, 0) is 4.74 Å². The van der Waals surface area contributed by atoms with Crippen LogP contribution in [0.2, 0.25) is 0 Å². The van der Waals surface area contributed by atoms with Gasteiger partial charge in [-0.15, -0.1) is 0 Å². The Morgan fingerprint density at radius 3 is 2.56 bits per heavy atom. The predicted octanol–water partition coefficient (Wildman–Crippen LogP) is 2.19. The lowest BCUT2D eigenvalue weighted by Crippen LogP contribution is -2.42. The van der Waals surface area contributed by atoms with E-state index in [9.17, 15) is 18.3 Å². The number of hydrogen-bond donors (Lipinski definition) is 1. The van der Waals surface area contributed by atoms with Crippen molar-refractivity contribution in [3.8, 4) is 0 Å². The first kappa shape index (κ1) is 15.7. The van der Waals surface area contributed by atoms with Crippen molar-refractivity contribution >= 4 is 0 Å². The molecule has 0 amide bonds. The molecule has 1 N–H and O–H groups in total. The van der Waals surface area contributed by atoms with Crippen molar-refractivity contribution in [3.05, 3.63) is 0 Å². The van der Waals surface area contributed by atoms with E-state index in [0.29, 0.717) is 6.61 Å². The monoisotopic (exact) mass is 269 g/mol. The van der Waals surface area contributed by atoms with E-state index < -0.39 is 18.8 Å². The molecule has 1 saturated carbocycles. The Morgan fingerprint density at radius 1 is 1.39 bits per heavy atom. The van der Waals surface area contributed by atoms with Crippen molar-refractivity contribution in [2.24, 2.45) is 0 Å². The Labute approximate surface area is 106 Å². The van der Waals surface area contributed by atoms with Gasteiger partial charge in [-0.25, -0.2) is 0 Å². The molecule has 0 bridgehead atoms. The summed E-state index contributed by atoms with van der Waals surface area (Å²) in [6, 6.07) is -0.0167. The summed E-state index contributed by atoms with van der Waals surface area (Å²) in [6.07, 6.45) is -1.56. The molecule has 0 heterocycles. The summed E-state index contributed by atoms with van der Waals surface area (Å²) in [5.41, 5.74) is 0. The quantitative estimate of drug-likeness (QED) is 0.651. The van der Waals surface area contributed by atoms with Crippen LogP contribution in [-0.4, -0.2) is 54.6 Å². The Balaban J connectivity index is 2.23. The van der Waals surface area contributed by atoms with Crippen LogP contribution in [0.4, 0.5) is 13.2 Å². The van der Waals surface area contributed by atoms with Crippen molar-refractivity contribution < 1.29 is 23.0 Å². The van der Waals surface area contributed by atoms with E-state index in [-0.39, 0.29) is 19.2 Å². The zero-order valence-corrected chi connectivity index (χ0v) is 10.7. The van der Waals surface area contributed by atoms with Crippen LogP contribution in [0.5, 0.6) is 0 Å². The molecule has 1 fully saturated rings. The van der Waals surface area contributed by atoms with Crippen LogP contribution in [0.3, 0.4) is 0 Å². The van der Waals surface area contributed by atoms with Gasteiger partial charge in [0.2, 0.25) is 0 Å². The summed E-state index contributed by atoms with van der Waals surface area (Å²) >= 11 is 0. The SMILES string of the molecule is CCCCOCC(O)CN(CC(F)(F)F)C1CC1. The number of ether oxygens (including phenoxy) is 1. The largest absolute Gasteiger partial charge is 0.401 e. The minimum Gasteiger partial charge on any atom is -0.389 e. The maximum Gasteiger partial charge on any atom is 0.401 e. The second-order valence-corrected chi connectivity index (χ2v) is 4.86. The first-order valence-electron chi connectivity index (χ1n) is 6.49. The van der Waals surface area contributed by atoms with Gasteiger partial charge in [-0.2, -0.15) is 13.2 Å². The number of rotatable bonds is 9. The number of hydrogen-bond acceptors (Lipinski definition) is 3. The van der Waals surface area contributed by atoms with Crippen LogP contribution in [0.1, 0.15) is 32.6 Å². The Morgan fingerprint density at radius 2 is 2.06 bits per heavy atom. The van der Waals surface area contributed by atoms with Crippen LogP contribution < -0.4 is 0 Å². The molecule has 1 rings (SSSR count). The number of halogens is 3. The fourth-order valence-electron chi connectivity index (χ4n) is 1.80. The fraction of sp³-hybridized carbons (Fsp3) is 1.00. The molecule has 108 valence electrons. The minimum atomic E-state index is -4.20. The zero-order valence-electron chi connectivity index (χ0n) is 10.7. The Bertz CT molecular complexity index is 232. The summed E-state index contributed by atoms with van der Waals surface area (Å²) in [4.78, 5) is 1.31. The number of nitrogens with zero attached hydrogens (tertiary/aromatic N) is 1. The van der Waals surface area contributed by atoms with Crippen molar-refractivity contribution in [1.29, 1.82) is 0 Å². The zero-order chi connectivity index (χ0) is 13.6. The summed E-state index contributed by atoms with van der Waals surface area (Å²) < 4.78 is 42.2. The summed E-state index contributed by atoms with van der Waals surface area (Å²) in [5.74, 6) is 0. The molecular weight excluding hydrogens is 247 g/mol. The molecule has 1 aliphatic carbocycles. The second-order valence-electron chi connectivity index (χ2n) is 4.86. The molecule has 0 aromatic carbocycles. The molecule has 1 atom stereocenters. The van der Waals surface area contributed by atoms with Crippen molar-refractivity contribution in [2.75, 3.05) is 26.3 Å². The van der Waals surface area contributed by atoms with E-state index >= 15 is 0 Å². The molecule has 1 aliphatic rings. The number of aliphatic hydroxyl groups is 1. The second kappa shape index (κ2) is 7.31. The molecule has 0 radical (unpaired) electrons. The van der Waals surface area contributed by atoms with E-state index in [1.54, 1.807) is 0 Å². The normalized spacial score (nSPS) is 18.3. The maximum absolute atomic E-state index is 12.3. The van der Waals surface area contributed by atoms with Gasteiger partial charge in [-0.05, 0) is 19.3 Å². The number of unbranched alkanes of at least 4 members (excludes halogenated alkanes) is 1. The van der Waals surface area contributed by atoms with Crippen LogP contribution in [0.15, 0.2) is 0 Å². The molecule has 3 nitrogen and oxygen atoms in total. The highest BCUT2D eigenvalue weighted by Gasteiger charge is 2.38. The first-order valence-corrected chi connectivity index (χ1v) is 6.49. The average molecular weight is 269 g/mol. The topological polar surface area (TPSA) is 32.7 Å². The van der Waals surface area contributed by atoms with Crippen molar-refractivity contribution in [3.63, 3.8) is 0 Å². The Hall–Kier alpha value is -0.330. The van der Waals surface area contributed by atoms with Crippen LogP contribution in [0.25, 0.3) is 0 Å². The van der Waals surface area contributed by atoms with E-state index in [1.807, 2.05) is 6.92 Å². The van der Waals surface area contributed by atoms with Crippen LogP contribution >= 0.6 is 0 Å². The third kappa shape index (κ3) is 7.18. The highest BCUT2D eigenvalue weighted by molar-refractivity contribution is 4.86. The third-order valence-corrected chi connectivity index (χ3v) is 2.84. The van der Waals surface area contributed by atoms with E-state index in [0.717, 1.165) is 25.7 Å². The highest BCUT2D eigenvalue weighted by Crippen LogP contribution is 2.30. The van der Waals surface area contributed by atoms with E-state index in [4.69, 9.17) is 4.74 Å². The van der Waals surface area contributed by atoms with Gasteiger partial charge in [0.25, 0.3) is 0 Å². The smallest absolute Gasteiger partial charge is 0.389 e. The van der Waals surface area contributed by atoms with Gasteiger partial charge in [0.15, 0.2) is 0 Å². The molecule has 0 aliphatic heterocycles. The molecule has 0 spiro atoms. The summed E-state index contributed by atoms with van der Waals surface area (Å²) in [5, 5.41) is 9.66. The van der Waals surface area contributed by atoms with Crippen molar-refractivity contribution in [2.45, 2.75) is 50.9 Å². The van der Waals surface area contributed by atoms with Gasteiger partial charge in [-0.3, -0.25) is 4.90 Å². The predicted molar refractivity (Wildman–Crippen MR) is 62.4 cm³/mol. The lowest BCUT2D eigenvalue weighted by Gasteiger charge is -2.25. The molecule has 6 heteroatoms. The van der Waals surface area contributed by atoms with E-state index in [1.165, 1.54) is 4.90 Å². The first-order chi connectivity index (χ1) is 8.42. The lowest BCUT2D eigenvalue weighted by atomic mass is 10.3. The van der Waals surface area contributed by atoms with Gasteiger partial charge in [0.1, 0.15) is 0 Å². The van der Waals surface area contributed by atoms with Crippen LogP contribution in [0, 0.1) is 0 Å². The fourth-order valence-corrected chi connectivity index (χ4v) is 1.80. The molecule has 0 aromatic heterocycles. The van der Waals surface area contributed by atoms with Gasteiger partial charge >= 0.3 is 6.18 Å². The van der Waals surface area contributed by atoms with Crippen molar-refractivity contribution in [1.82, 2.24) is 4.90 Å². The highest BCUT2D eigenvalue weighted by atomic mass is 19.4. The van der Waals surface area contributed by atoms with Gasteiger partial charge in [0, 0.05) is 19.2 Å². The summed E-state index contributed by atoms with van der Waals surface area (Å²) in [6.45, 7) is 1.79. The molecule has 18 heavy (non-hydrogen) atoms.